The summed E-state index contributed by atoms with van der Waals surface area (Å²) in [5.74, 6) is -0.0530. The Morgan fingerprint density at radius 2 is 0.769 bits per heavy atom. The van der Waals surface area contributed by atoms with E-state index in [1.54, 1.807) is 0 Å². The van der Waals surface area contributed by atoms with Crippen LogP contribution in [0, 0.1) is 0 Å². The fourth-order valence-electron chi connectivity index (χ4n) is 9.02. The minimum atomic E-state index is -0.672. The van der Waals surface area contributed by atoms with Gasteiger partial charge < -0.3 is 20.3 Å². The van der Waals surface area contributed by atoms with E-state index in [1.807, 2.05) is 0 Å². The first-order valence-corrected chi connectivity index (χ1v) is 29.1. The highest BCUT2D eigenvalue weighted by molar-refractivity contribution is 5.76. The number of allylic oxidation sites excluding steroid dienone is 4. The molecule has 0 saturated carbocycles. The molecule has 0 spiro atoms. The van der Waals surface area contributed by atoms with Gasteiger partial charge >= 0.3 is 5.97 Å². The molecule has 0 bridgehead atoms. The Balaban J connectivity index is 3.43. The first kappa shape index (κ1) is 63.3. The Labute approximate surface area is 405 Å². The van der Waals surface area contributed by atoms with E-state index in [1.165, 1.54) is 225 Å². The Morgan fingerprint density at radius 3 is 1.18 bits per heavy atom. The Hall–Kier alpha value is -1.66. The SMILES string of the molecule is CCCCCC/C=C\C/C=C\CCCCCCCCCC(=O)OCCCCCCCCCCCCCCCCC(=O)NC(CO)C(O)CCCCCCCCCCCCCCCCCC. The van der Waals surface area contributed by atoms with E-state index in [0.29, 0.717) is 25.9 Å². The number of aliphatic hydroxyl groups excluding tert-OH is 2. The highest BCUT2D eigenvalue weighted by Crippen LogP contribution is 2.17. The maximum atomic E-state index is 12.5. The first-order valence-electron chi connectivity index (χ1n) is 29.1. The molecule has 384 valence electrons. The van der Waals surface area contributed by atoms with Gasteiger partial charge in [-0.05, 0) is 57.8 Å². The largest absolute Gasteiger partial charge is 0.466 e. The number of carbonyl (C=O) groups is 2. The normalized spacial score (nSPS) is 12.7. The lowest BCUT2D eigenvalue weighted by molar-refractivity contribution is -0.143. The van der Waals surface area contributed by atoms with Gasteiger partial charge in [0.05, 0.1) is 25.4 Å². The monoisotopic (exact) mass is 916 g/mol. The van der Waals surface area contributed by atoms with Crippen LogP contribution in [0.2, 0.25) is 0 Å². The zero-order valence-electron chi connectivity index (χ0n) is 43.7. The number of nitrogens with one attached hydrogen (secondary N) is 1. The van der Waals surface area contributed by atoms with E-state index in [0.717, 1.165) is 57.8 Å². The number of rotatable bonds is 54. The molecule has 2 unspecified atom stereocenters. The summed E-state index contributed by atoms with van der Waals surface area (Å²) in [5.41, 5.74) is 0. The molecule has 0 saturated heterocycles. The van der Waals surface area contributed by atoms with Gasteiger partial charge in [0.2, 0.25) is 5.91 Å². The summed E-state index contributed by atoms with van der Waals surface area (Å²) >= 11 is 0. The highest BCUT2D eigenvalue weighted by Gasteiger charge is 2.20. The molecule has 0 fully saturated rings. The Bertz CT molecular complexity index is 1010. The summed E-state index contributed by atoms with van der Waals surface area (Å²) in [7, 11) is 0. The molecule has 6 heteroatoms. The van der Waals surface area contributed by atoms with Crippen molar-refractivity contribution in [2.75, 3.05) is 13.2 Å². The van der Waals surface area contributed by atoms with E-state index in [-0.39, 0.29) is 18.5 Å². The lowest BCUT2D eigenvalue weighted by Crippen LogP contribution is -2.45. The molecule has 0 aliphatic rings. The number of amides is 1. The maximum Gasteiger partial charge on any atom is 0.305 e. The Kier molecular flexibility index (Phi) is 53.5. The van der Waals surface area contributed by atoms with E-state index in [4.69, 9.17) is 4.74 Å². The number of esters is 1. The molecule has 2 atom stereocenters. The van der Waals surface area contributed by atoms with Gasteiger partial charge in [0.25, 0.3) is 0 Å². The standard InChI is InChI=1S/C59H113NO5/c1-3-5-7-9-11-13-15-17-19-21-22-24-29-33-37-41-45-49-53-59(64)65-54-50-46-42-38-34-30-26-25-28-32-36-40-44-48-52-58(63)60-56(55-61)57(62)51-47-43-39-35-31-27-23-20-18-16-14-12-10-8-6-4-2/h13,15,19,21,56-57,61-62H,3-12,14,16-18,20,22-55H2,1-2H3,(H,60,63)/b15-13-,21-19-. The van der Waals surface area contributed by atoms with Crippen LogP contribution >= 0.6 is 0 Å². The molecular weight excluding hydrogens is 803 g/mol. The van der Waals surface area contributed by atoms with Crippen molar-refractivity contribution >= 4 is 11.9 Å². The van der Waals surface area contributed by atoms with Crippen LogP contribution in [0.1, 0.15) is 316 Å². The van der Waals surface area contributed by atoms with Crippen LogP contribution < -0.4 is 5.32 Å². The quantitative estimate of drug-likeness (QED) is 0.0321. The molecule has 0 rings (SSSR count). The van der Waals surface area contributed by atoms with Crippen LogP contribution in [-0.4, -0.2) is 47.4 Å². The zero-order valence-corrected chi connectivity index (χ0v) is 43.7. The van der Waals surface area contributed by atoms with Crippen molar-refractivity contribution in [2.24, 2.45) is 0 Å². The summed E-state index contributed by atoms with van der Waals surface area (Å²) in [4.78, 5) is 24.6. The second-order valence-corrected chi connectivity index (χ2v) is 20.0. The van der Waals surface area contributed by atoms with Crippen LogP contribution in [0.4, 0.5) is 0 Å². The number of hydrogen-bond donors (Lipinski definition) is 3. The third-order valence-electron chi connectivity index (χ3n) is 13.5. The molecule has 1 amide bonds. The van der Waals surface area contributed by atoms with E-state index in [9.17, 15) is 19.8 Å². The van der Waals surface area contributed by atoms with Crippen molar-refractivity contribution < 1.29 is 24.5 Å². The summed E-state index contributed by atoms with van der Waals surface area (Å²) < 4.78 is 5.48. The lowest BCUT2D eigenvalue weighted by Gasteiger charge is -2.22. The van der Waals surface area contributed by atoms with Crippen LogP contribution in [0.5, 0.6) is 0 Å². The van der Waals surface area contributed by atoms with Gasteiger partial charge in [0, 0.05) is 12.8 Å². The molecule has 6 nitrogen and oxygen atoms in total. The minimum absolute atomic E-state index is 0.00899. The first-order chi connectivity index (χ1) is 32.0. The van der Waals surface area contributed by atoms with Gasteiger partial charge in [0.15, 0.2) is 0 Å². The van der Waals surface area contributed by atoms with Crippen molar-refractivity contribution in [1.29, 1.82) is 0 Å². The van der Waals surface area contributed by atoms with E-state index >= 15 is 0 Å². The van der Waals surface area contributed by atoms with Crippen LogP contribution in [-0.2, 0) is 14.3 Å². The second kappa shape index (κ2) is 54.9. The minimum Gasteiger partial charge on any atom is -0.466 e. The van der Waals surface area contributed by atoms with Gasteiger partial charge in [-0.3, -0.25) is 9.59 Å². The molecule has 0 aromatic carbocycles. The molecule has 3 N–H and O–H groups in total. The van der Waals surface area contributed by atoms with Gasteiger partial charge in [-0.1, -0.05) is 269 Å². The summed E-state index contributed by atoms with van der Waals surface area (Å²) in [6, 6.07) is -0.550. The maximum absolute atomic E-state index is 12.5. The second-order valence-electron chi connectivity index (χ2n) is 20.0. The van der Waals surface area contributed by atoms with E-state index < -0.39 is 12.1 Å². The van der Waals surface area contributed by atoms with Crippen molar-refractivity contribution in [3.8, 4) is 0 Å². The number of aliphatic hydroxyl groups is 2. The smallest absolute Gasteiger partial charge is 0.305 e. The topological polar surface area (TPSA) is 95.9 Å². The molecule has 0 radical (unpaired) electrons. The number of ether oxygens (including phenoxy) is 1. The fraction of sp³-hybridized carbons (Fsp3) is 0.898. The predicted molar refractivity (Wildman–Crippen MR) is 283 cm³/mol. The van der Waals surface area contributed by atoms with Crippen LogP contribution in [0.3, 0.4) is 0 Å². The van der Waals surface area contributed by atoms with Crippen molar-refractivity contribution in [2.45, 2.75) is 328 Å². The fourth-order valence-corrected chi connectivity index (χ4v) is 9.02. The molecule has 65 heavy (non-hydrogen) atoms. The van der Waals surface area contributed by atoms with Gasteiger partial charge in [-0.15, -0.1) is 0 Å². The van der Waals surface area contributed by atoms with Crippen LogP contribution in [0.15, 0.2) is 24.3 Å². The van der Waals surface area contributed by atoms with Crippen LogP contribution in [0.25, 0.3) is 0 Å². The van der Waals surface area contributed by atoms with Crippen molar-refractivity contribution in [3.05, 3.63) is 24.3 Å². The number of hydrogen-bond acceptors (Lipinski definition) is 5. The summed E-state index contributed by atoms with van der Waals surface area (Å²) in [6.45, 7) is 4.93. The number of unbranched alkanes of at least 4 members (excludes halogenated alkanes) is 39. The van der Waals surface area contributed by atoms with Gasteiger partial charge in [-0.2, -0.15) is 0 Å². The average Bonchev–Trinajstić information content (AvgIpc) is 3.31. The lowest BCUT2D eigenvalue weighted by atomic mass is 10.0. The molecule has 0 aromatic heterocycles. The van der Waals surface area contributed by atoms with Crippen molar-refractivity contribution in [3.63, 3.8) is 0 Å². The van der Waals surface area contributed by atoms with Gasteiger partial charge in [-0.25, -0.2) is 0 Å². The highest BCUT2D eigenvalue weighted by atomic mass is 16.5. The molecule has 0 aliphatic carbocycles. The molecular formula is C59H113NO5. The summed E-state index contributed by atoms with van der Waals surface area (Å²) in [5, 5.41) is 23.3. The number of carbonyl (C=O) groups excluding carboxylic acids is 2. The van der Waals surface area contributed by atoms with Crippen molar-refractivity contribution in [1.82, 2.24) is 5.32 Å². The third kappa shape index (κ3) is 51.6. The van der Waals surface area contributed by atoms with E-state index in [2.05, 4.69) is 43.5 Å². The molecule has 0 heterocycles. The molecule has 0 aliphatic heterocycles. The summed E-state index contributed by atoms with van der Waals surface area (Å²) in [6.07, 6.45) is 65.9. The third-order valence-corrected chi connectivity index (χ3v) is 13.5. The Morgan fingerprint density at radius 1 is 0.431 bits per heavy atom. The molecule has 0 aromatic rings. The zero-order chi connectivity index (χ0) is 47.2. The van der Waals surface area contributed by atoms with Gasteiger partial charge in [0.1, 0.15) is 0 Å². The predicted octanol–water partition coefficient (Wildman–Crippen LogP) is 17.9. The average molecular weight is 917 g/mol.